The van der Waals surface area contributed by atoms with Crippen molar-refractivity contribution in [2.75, 3.05) is 26.3 Å². The minimum Gasteiger partial charge on any atom is -0.381 e. The second kappa shape index (κ2) is 6.70. The molecule has 2 fully saturated rings. The van der Waals surface area contributed by atoms with Crippen LogP contribution in [0.4, 0.5) is 0 Å². The molecule has 8 heteroatoms. The highest BCUT2D eigenvalue weighted by molar-refractivity contribution is 5.96. The number of aromatic nitrogens is 5. The van der Waals surface area contributed by atoms with E-state index in [4.69, 9.17) is 4.74 Å². The van der Waals surface area contributed by atoms with Crippen LogP contribution >= 0.6 is 0 Å². The number of fused-ring (bicyclic) bond motifs is 1. The minimum absolute atomic E-state index is 0.00722. The van der Waals surface area contributed by atoms with Crippen molar-refractivity contribution in [3.05, 3.63) is 41.6 Å². The number of hydrogen-bond acceptors (Lipinski definition) is 5. The Balaban J connectivity index is 1.31. The van der Waals surface area contributed by atoms with Crippen molar-refractivity contribution in [2.24, 2.45) is 0 Å². The molecule has 0 aliphatic carbocycles. The fourth-order valence-corrected chi connectivity index (χ4v) is 4.24. The van der Waals surface area contributed by atoms with Crippen LogP contribution in [0.1, 0.15) is 46.7 Å². The van der Waals surface area contributed by atoms with Gasteiger partial charge in [-0.3, -0.25) is 9.48 Å². The fraction of sp³-hybridized carbons (Fsp3) is 0.500. The molecule has 0 radical (unpaired) electrons. The van der Waals surface area contributed by atoms with Gasteiger partial charge in [-0.25, -0.2) is 9.97 Å². The number of pyridine rings is 1. The molecule has 0 saturated carbocycles. The van der Waals surface area contributed by atoms with Crippen molar-refractivity contribution in [1.29, 1.82) is 0 Å². The maximum Gasteiger partial charge on any atom is 0.255 e. The van der Waals surface area contributed by atoms with Gasteiger partial charge < -0.3 is 14.2 Å². The fourth-order valence-electron chi connectivity index (χ4n) is 4.24. The van der Waals surface area contributed by atoms with Gasteiger partial charge in [0, 0.05) is 44.2 Å². The number of imidazole rings is 1. The summed E-state index contributed by atoms with van der Waals surface area (Å²) in [4.78, 5) is 23.8. The lowest BCUT2D eigenvalue weighted by Crippen LogP contribution is -2.51. The second-order valence-electron chi connectivity index (χ2n) is 7.80. The van der Waals surface area contributed by atoms with Crippen LogP contribution in [0, 0.1) is 13.8 Å². The third kappa shape index (κ3) is 2.88. The van der Waals surface area contributed by atoms with Crippen LogP contribution in [0.5, 0.6) is 0 Å². The van der Waals surface area contributed by atoms with Gasteiger partial charge in [-0.05, 0) is 38.8 Å². The van der Waals surface area contributed by atoms with E-state index in [2.05, 4.69) is 32.6 Å². The van der Waals surface area contributed by atoms with Crippen molar-refractivity contribution in [1.82, 2.24) is 29.2 Å². The van der Waals surface area contributed by atoms with E-state index in [-0.39, 0.29) is 11.9 Å². The molecule has 3 aromatic heterocycles. The maximum atomic E-state index is 12.9. The molecule has 146 valence electrons. The van der Waals surface area contributed by atoms with Gasteiger partial charge in [-0.2, -0.15) is 5.10 Å². The SMILES string of the molecule is Cc1cc(C)n(C2CN(C(=O)c3cnc4c(c3)ncn4C3CCOCC3)C2)n1. The van der Waals surface area contributed by atoms with Gasteiger partial charge in [-0.15, -0.1) is 0 Å². The van der Waals surface area contributed by atoms with Crippen LogP contribution in [0.15, 0.2) is 24.7 Å². The van der Waals surface area contributed by atoms with Crippen LogP contribution in [-0.2, 0) is 4.74 Å². The molecule has 2 aliphatic heterocycles. The van der Waals surface area contributed by atoms with E-state index < -0.39 is 0 Å². The molecule has 5 heterocycles. The van der Waals surface area contributed by atoms with Crippen molar-refractivity contribution in [3.63, 3.8) is 0 Å². The maximum absolute atomic E-state index is 12.9. The first-order valence-corrected chi connectivity index (χ1v) is 9.82. The van der Waals surface area contributed by atoms with Gasteiger partial charge in [0.2, 0.25) is 0 Å². The average Bonchev–Trinajstić information content (AvgIpc) is 3.23. The summed E-state index contributed by atoms with van der Waals surface area (Å²) < 4.78 is 9.59. The molecule has 2 aliphatic rings. The lowest BCUT2D eigenvalue weighted by Gasteiger charge is -2.39. The van der Waals surface area contributed by atoms with Crippen molar-refractivity contribution < 1.29 is 9.53 Å². The third-order valence-corrected chi connectivity index (χ3v) is 5.78. The smallest absolute Gasteiger partial charge is 0.255 e. The van der Waals surface area contributed by atoms with Gasteiger partial charge in [0.05, 0.1) is 23.6 Å². The zero-order valence-corrected chi connectivity index (χ0v) is 16.2. The Hall–Kier alpha value is -2.74. The highest BCUT2D eigenvalue weighted by Crippen LogP contribution is 2.27. The summed E-state index contributed by atoms with van der Waals surface area (Å²) in [5.41, 5.74) is 4.35. The number of nitrogens with zero attached hydrogens (tertiary/aromatic N) is 6. The summed E-state index contributed by atoms with van der Waals surface area (Å²) in [7, 11) is 0. The van der Waals surface area contributed by atoms with Crippen LogP contribution in [0.3, 0.4) is 0 Å². The lowest BCUT2D eigenvalue weighted by molar-refractivity contribution is 0.0497. The van der Waals surface area contributed by atoms with E-state index in [0.29, 0.717) is 24.7 Å². The molecule has 5 rings (SSSR count). The standard InChI is InChI=1S/C20H24N6O2/c1-13-7-14(2)26(23-13)17-10-24(11-17)20(27)15-8-18-19(21-9-15)25(12-22-18)16-3-5-28-6-4-16/h7-9,12,16-17H,3-6,10-11H2,1-2H3. The molecule has 0 aromatic carbocycles. The van der Waals surface area contributed by atoms with Crippen LogP contribution in [0.25, 0.3) is 11.2 Å². The summed E-state index contributed by atoms with van der Waals surface area (Å²) in [6.45, 7) is 6.94. The summed E-state index contributed by atoms with van der Waals surface area (Å²) in [6.07, 6.45) is 5.45. The number of carbonyl (C=O) groups excluding carboxylic acids is 1. The molecule has 0 N–H and O–H groups in total. The Kier molecular flexibility index (Phi) is 4.16. The largest absolute Gasteiger partial charge is 0.381 e. The van der Waals surface area contributed by atoms with Gasteiger partial charge >= 0.3 is 0 Å². The van der Waals surface area contributed by atoms with Crippen LogP contribution in [0.2, 0.25) is 0 Å². The third-order valence-electron chi connectivity index (χ3n) is 5.78. The van der Waals surface area contributed by atoms with Crippen molar-refractivity contribution in [2.45, 2.75) is 38.8 Å². The Morgan fingerprint density at radius 1 is 1.11 bits per heavy atom. The summed E-state index contributed by atoms with van der Waals surface area (Å²) in [5, 5.41) is 4.53. The van der Waals surface area contributed by atoms with E-state index in [9.17, 15) is 4.79 Å². The Morgan fingerprint density at radius 3 is 2.61 bits per heavy atom. The van der Waals surface area contributed by atoms with Gasteiger partial charge in [0.1, 0.15) is 5.52 Å². The average molecular weight is 380 g/mol. The number of amides is 1. The van der Waals surface area contributed by atoms with Crippen molar-refractivity contribution >= 4 is 17.1 Å². The van der Waals surface area contributed by atoms with E-state index in [1.54, 1.807) is 6.20 Å². The van der Waals surface area contributed by atoms with Gasteiger partial charge in [0.15, 0.2) is 5.65 Å². The summed E-state index contributed by atoms with van der Waals surface area (Å²) in [5.74, 6) is 0.00722. The first-order chi connectivity index (χ1) is 13.6. The van der Waals surface area contributed by atoms with Gasteiger partial charge in [-0.1, -0.05) is 0 Å². The predicted octanol–water partition coefficient (Wildman–Crippen LogP) is 2.29. The minimum atomic E-state index is 0.00722. The summed E-state index contributed by atoms with van der Waals surface area (Å²) in [6, 6.07) is 4.54. The molecule has 0 unspecified atom stereocenters. The Bertz CT molecular complexity index is 1030. The quantitative estimate of drug-likeness (QED) is 0.697. The Labute approximate surface area is 163 Å². The van der Waals surface area contributed by atoms with Gasteiger partial charge in [0.25, 0.3) is 5.91 Å². The van der Waals surface area contributed by atoms with E-state index in [1.807, 2.05) is 28.9 Å². The van der Waals surface area contributed by atoms with Crippen LogP contribution in [-0.4, -0.2) is 61.4 Å². The zero-order chi connectivity index (χ0) is 19.3. The molecule has 2 saturated heterocycles. The zero-order valence-electron chi connectivity index (χ0n) is 16.2. The second-order valence-corrected chi connectivity index (χ2v) is 7.80. The molecule has 8 nitrogen and oxygen atoms in total. The summed E-state index contributed by atoms with van der Waals surface area (Å²) >= 11 is 0. The first kappa shape index (κ1) is 17.4. The predicted molar refractivity (Wildman–Crippen MR) is 103 cm³/mol. The Morgan fingerprint density at radius 2 is 1.89 bits per heavy atom. The number of carbonyl (C=O) groups is 1. The number of likely N-dealkylation sites (tertiary alicyclic amines) is 1. The van der Waals surface area contributed by atoms with E-state index >= 15 is 0 Å². The number of rotatable bonds is 3. The lowest BCUT2D eigenvalue weighted by atomic mass is 10.1. The molecule has 0 atom stereocenters. The first-order valence-electron chi connectivity index (χ1n) is 9.82. The number of hydrogen-bond donors (Lipinski definition) is 0. The monoisotopic (exact) mass is 380 g/mol. The van der Waals surface area contributed by atoms with E-state index in [1.165, 1.54) is 0 Å². The van der Waals surface area contributed by atoms with Crippen molar-refractivity contribution in [3.8, 4) is 0 Å². The van der Waals surface area contributed by atoms with E-state index in [0.717, 1.165) is 48.6 Å². The molecular formula is C20H24N6O2. The highest BCUT2D eigenvalue weighted by Gasteiger charge is 2.34. The molecule has 1 amide bonds. The molecular weight excluding hydrogens is 356 g/mol. The normalized spacial score (nSPS) is 18.6. The number of ether oxygens (including phenoxy) is 1. The topological polar surface area (TPSA) is 78.1 Å². The molecule has 28 heavy (non-hydrogen) atoms. The molecule has 0 spiro atoms. The molecule has 3 aromatic rings. The highest BCUT2D eigenvalue weighted by atomic mass is 16.5. The van der Waals surface area contributed by atoms with Crippen LogP contribution < -0.4 is 0 Å². The molecule has 0 bridgehead atoms. The number of aryl methyl sites for hydroxylation is 2.